The number of esters is 4. The third kappa shape index (κ3) is 19.5. The fraction of sp³-hybridized carbons (Fsp3) is 0.571. The van der Waals surface area contributed by atoms with Crippen molar-refractivity contribution in [3.63, 3.8) is 0 Å². The van der Waals surface area contributed by atoms with Gasteiger partial charge in [0.2, 0.25) is 0 Å². The number of ether oxygens (including phenoxy) is 6. The van der Waals surface area contributed by atoms with E-state index in [0.29, 0.717) is 50.6 Å². The van der Waals surface area contributed by atoms with E-state index >= 15 is 9.59 Å². The Labute approximate surface area is 541 Å². The fourth-order valence-electron chi connectivity index (χ4n) is 11.7. The molecule has 0 N–H and O–H groups in total. The second kappa shape index (κ2) is 33.0. The summed E-state index contributed by atoms with van der Waals surface area (Å²) < 4.78 is 39.1. The lowest BCUT2D eigenvalue weighted by atomic mass is 9.99. The van der Waals surface area contributed by atoms with Crippen LogP contribution in [0.1, 0.15) is 141 Å². The average Bonchev–Trinajstić information content (AvgIpc) is 1.18. The first-order valence-electron chi connectivity index (χ1n) is 32.3. The molecule has 0 bridgehead atoms. The Bertz CT molecular complexity index is 3030. The first-order valence-corrected chi connectivity index (χ1v) is 32.3. The summed E-state index contributed by atoms with van der Waals surface area (Å²) in [5, 5.41) is 9.15. The highest BCUT2D eigenvalue weighted by Crippen LogP contribution is 2.27. The molecule has 3 aliphatic rings. The van der Waals surface area contributed by atoms with Gasteiger partial charge in [-0.05, 0) is 109 Å². The molecule has 2 aromatic carbocycles. The molecule has 2 aromatic heterocycles. The minimum Gasteiger partial charge on any atom is -0.451 e. The summed E-state index contributed by atoms with van der Waals surface area (Å²) in [4.78, 5) is 123. The van der Waals surface area contributed by atoms with Crippen molar-refractivity contribution in [1.82, 2.24) is 39.2 Å². The third-order valence-electron chi connectivity index (χ3n) is 17.0. The topological polar surface area (TPSA) is 241 Å². The second-order valence-corrected chi connectivity index (χ2v) is 26.4. The molecule has 1 fully saturated rings. The van der Waals surface area contributed by atoms with Gasteiger partial charge in [-0.15, -0.1) is 0 Å². The standard InChI is InChI=1S/C70H96N8O14/c1-43(2)31-57-67(83)89-47(9)63(79)73(11)60(34-46(7)8)70(86)92-62(36-50-17-21-52(22-18-50)40-78-42-56(38-72-78)54-25-29-88-30-26-54)66(82)76(14)58(32-44(3)4)68(84)90-48(10)64(80)74(12)59(33-45(5)6)69(85)91-61(65(81)75(57)13)35-49-15-19-51(20-16-49)39-77-41-55(37-71-77)53-23-27-87-28-24-53/h15-23,25,37-38,41-48,57-62H,24,26-36,39-40H2,1-14H3/t47-,48-,57+,58+,59+,60+,61-,62-/m1/s1. The number of hydrogen-bond donors (Lipinski definition) is 0. The van der Waals surface area contributed by atoms with Crippen LogP contribution in [0.25, 0.3) is 11.1 Å². The Balaban J connectivity index is 1.22. The zero-order chi connectivity index (χ0) is 67.1. The summed E-state index contributed by atoms with van der Waals surface area (Å²) in [5.74, 6) is -7.51. The van der Waals surface area contributed by atoms with Crippen molar-refractivity contribution in [1.29, 1.82) is 0 Å². The number of carbonyl (C=O) groups excluding carboxylic acids is 8. The van der Waals surface area contributed by atoms with E-state index in [1.807, 2.05) is 138 Å². The highest BCUT2D eigenvalue weighted by molar-refractivity contribution is 5.94. The van der Waals surface area contributed by atoms with Gasteiger partial charge in [-0.1, -0.05) is 116 Å². The summed E-state index contributed by atoms with van der Waals surface area (Å²) in [7, 11) is 5.60. The Morgan fingerprint density at radius 3 is 1.01 bits per heavy atom. The number of cyclic esters (lactones) is 4. The van der Waals surface area contributed by atoms with Crippen molar-refractivity contribution in [2.75, 3.05) is 54.6 Å². The van der Waals surface area contributed by atoms with E-state index in [9.17, 15) is 28.8 Å². The summed E-state index contributed by atoms with van der Waals surface area (Å²) >= 11 is 0. The number of amides is 4. The molecule has 5 heterocycles. The van der Waals surface area contributed by atoms with E-state index in [2.05, 4.69) is 22.3 Å². The van der Waals surface area contributed by atoms with Gasteiger partial charge in [-0.3, -0.25) is 28.5 Å². The van der Waals surface area contributed by atoms with E-state index < -0.39 is 96.1 Å². The van der Waals surface area contributed by atoms with Gasteiger partial charge in [0, 0.05) is 64.6 Å². The average molecular weight is 1270 g/mol. The van der Waals surface area contributed by atoms with Crippen LogP contribution in [-0.2, 0) is 92.7 Å². The molecule has 4 amide bonds. The van der Waals surface area contributed by atoms with Crippen molar-refractivity contribution >= 4 is 58.7 Å². The highest BCUT2D eigenvalue weighted by atomic mass is 16.6. The molecular formula is C70H96N8O14. The molecule has 0 spiro atoms. The van der Waals surface area contributed by atoms with Gasteiger partial charge < -0.3 is 48.0 Å². The molecular weight excluding hydrogens is 1180 g/mol. The number of carbonyl (C=O) groups is 8. The number of nitrogens with zero attached hydrogens (tertiary/aromatic N) is 8. The van der Waals surface area contributed by atoms with Crippen molar-refractivity contribution in [2.45, 2.75) is 182 Å². The SMILES string of the molecule is CC(C)C[C@H]1C(=O)O[C@H](Cc2ccc(Cn3cc(C4=CCOCC4)cn3)cc2)C(=O)N(C)[C@@H](CC(C)C)C(=O)O[C@H](C)C(=O)N(C)[C@@H](CC(C)C)C(=O)O[C@H](Cc2ccc(Cn3cc(C4=CCOCC4)cn3)cc2)C(=O)N(C)[C@@H](CC(C)C)C(=O)O[C@H](C)C(=O)N1C. The largest absolute Gasteiger partial charge is 0.451 e. The maximum absolute atomic E-state index is 15.2. The van der Waals surface area contributed by atoms with Gasteiger partial charge in [-0.25, -0.2) is 19.2 Å². The summed E-state index contributed by atoms with van der Waals surface area (Å²) in [6, 6.07) is 9.63. The molecule has 8 atom stereocenters. The maximum atomic E-state index is 15.2. The number of rotatable bonds is 18. The first kappa shape index (κ1) is 71.5. The Kier molecular flexibility index (Phi) is 25.7. The number of hydrogen-bond acceptors (Lipinski definition) is 16. The van der Waals surface area contributed by atoms with Crippen LogP contribution in [-0.4, -0.2) is 190 Å². The van der Waals surface area contributed by atoms with Crippen LogP contribution in [0.2, 0.25) is 0 Å². The minimum absolute atomic E-state index is 0.0738. The molecule has 92 heavy (non-hydrogen) atoms. The van der Waals surface area contributed by atoms with E-state index in [-0.39, 0.29) is 62.2 Å². The predicted octanol–water partition coefficient (Wildman–Crippen LogP) is 7.76. The van der Waals surface area contributed by atoms with Gasteiger partial charge in [0.1, 0.15) is 24.2 Å². The molecule has 3 aliphatic heterocycles. The Morgan fingerprint density at radius 1 is 0.424 bits per heavy atom. The van der Waals surface area contributed by atoms with Gasteiger partial charge in [0.25, 0.3) is 23.6 Å². The van der Waals surface area contributed by atoms with E-state index in [1.165, 1.54) is 63.0 Å². The van der Waals surface area contributed by atoms with Gasteiger partial charge in [-0.2, -0.15) is 10.2 Å². The number of benzene rings is 2. The maximum Gasteiger partial charge on any atom is 0.329 e. The second-order valence-electron chi connectivity index (χ2n) is 26.4. The molecule has 4 aromatic rings. The highest BCUT2D eigenvalue weighted by Gasteiger charge is 2.43. The predicted molar refractivity (Wildman–Crippen MR) is 345 cm³/mol. The van der Waals surface area contributed by atoms with Crippen LogP contribution in [0.4, 0.5) is 0 Å². The number of likely N-dealkylation sites (N-methyl/N-ethyl adjacent to an activating group) is 4. The fourth-order valence-corrected chi connectivity index (χ4v) is 11.7. The van der Waals surface area contributed by atoms with Crippen LogP contribution in [0.3, 0.4) is 0 Å². The molecule has 0 unspecified atom stereocenters. The van der Waals surface area contributed by atoms with Crippen LogP contribution in [0.5, 0.6) is 0 Å². The van der Waals surface area contributed by atoms with Gasteiger partial charge >= 0.3 is 23.9 Å². The van der Waals surface area contributed by atoms with E-state index in [1.54, 1.807) is 0 Å². The number of aromatic nitrogens is 4. The smallest absolute Gasteiger partial charge is 0.329 e. The zero-order valence-electron chi connectivity index (χ0n) is 56.2. The lowest BCUT2D eigenvalue weighted by Crippen LogP contribution is -2.55. The normalized spacial score (nSPS) is 23.6. The molecule has 22 heteroatoms. The summed E-state index contributed by atoms with van der Waals surface area (Å²) in [5.41, 5.74) is 7.41. The summed E-state index contributed by atoms with van der Waals surface area (Å²) in [6.07, 6.45) is 7.22. The molecule has 22 nitrogen and oxygen atoms in total. The molecule has 0 aliphatic carbocycles. The Hall–Kier alpha value is -7.98. The van der Waals surface area contributed by atoms with Gasteiger partial charge in [0.05, 0.1) is 51.9 Å². The van der Waals surface area contributed by atoms with E-state index in [4.69, 9.17) is 28.4 Å². The Morgan fingerprint density at radius 2 is 0.717 bits per heavy atom. The molecule has 0 radical (unpaired) electrons. The lowest BCUT2D eigenvalue weighted by Gasteiger charge is -2.35. The zero-order valence-corrected chi connectivity index (χ0v) is 56.2. The lowest BCUT2D eigenvalue weighted by molar-refractivity contribution is -0.176. The van der Waals surface area contributed by atoms with Crippen molar-refractivity contribution in [3.05, 3.63) is 119 Å². The first-order chi connectivity index (χ1) is 43.7. The van der Waals surface area contributed by atoms with Crippen molar-refractivity contribution in [2.24, 2.45) is 23.7 Å². The molecule has 0 saturated carbocycles. The van der Waals surface area contributed by atoms with E-state index in [0.717, 1.165) is 44.9 Å². The van der Waals surface area contributed by atoms with Crippen molar-refractivity contribution < 1.29 is 66.8 Å². The van der Waals surface area contributed by atoms with Gasteiger partial charge in [0.15, 0.2) is 24.4 Å². The third-order valence-corrected chi connectivity index (χ3v) is 17.0. The van der Waals surface area contributed by atoms with Crippen LogP contribution >= 0.6 is 0 Å². The van der Waals surface area contributed by atoms with Crippen LogP contribution in [0, 0.1) is 23.7 Å². The quantitative estimate of drug-likeness (QED) is 0.0683. The summed E-state index contributed by atoms with van der Waals surface area (Å²) in [6.45, 7) is 20.9. The molecule has 7 rings (SSSR count). The van der Waals surface area contributed by atoms with Crippen LogP contribution in [0.15, 0.2) is 85.5 Å². The van der Waals surface area contributed by atoms with Crippen LogP contribution < -0.4 is 0 Å². The monoisotopic (exact) mass is 1270 g/mol. The minimum atomic E-state index is -1.55. The molecule has 1 saturated heterocycles. The molecule has 500 valence electrons. The van der Waals surface area contributed by atoms with Crippen molar-refractivity contribution in [3.8, 4) is 0 Å².